The molecule has 30 heavy (non-hydrogen) atoms. The second kappa shape index (κ2) is 7.87. The maximum atomic E-state index is 12.7. The summed E-state index contributed by atoms with van der Waals surface area (Å²) in [5, 5.41) is 20.9. The third-order valence-electron chi connectivity index (χ3n) is 6.96. The summed E-state index contributed by atoms with van der Waals surface area (Å²) >= 11 is 0. The van der Waals surface area contributed by atoms with Crippen LogP contribution in [0.2, 0.25) is 0 Å². The quantitative estimate of drug-likeness (QED) is 0.786. The smallest absolute Gasteiger partial charge is 0.315 e. The number of benzene rings is 1. The van der Waals surface area contributed by atoms with Gasteiger partial charge in [-0.25, -0.2) is 0 Å². The Morgan fingerprint density at radius 2 is 1.93 bits per heavy atom. The molecular weight excluding hydrogens is 382 g/mol. The molecule has 2 aliphatic rings. The molecule has 1 aromatic carbocycles. The third-order valence-corrected chi connectivity index (χ3v) is 6.96. The van der Waals surface area contributed by atoms with Crippen molar-refractivity contribution >= 4 is 5.91 Å². The molecule has 0 bridgehead atoms. The first-order chi connectivity index (χ1) is 14.4. The molecule has 2 aromatic rings. The van der Waals surface area contributed by atoms with E-state index in [2.05, 4.69) is 30.1 Å². The maximum Gasteiger partial charge on any atom is 0.315 e. The minimum atomic E-state index is -0.811. The zero-order chi connectivity index (χ0) is 21.5. The molecular formula is C23H29N3O4. The van der Waals surface area contributed by atoms with Crippen LogP contribution in [0.3, 0.4) is 0 Å². The highest BCUT2D eigenvalue weighted by Gasteiger charge is 2.46. The Morgan fingerprint density at radius 3 is 2.60 bits per heavy atom. The minimum Gasteiger partial charge on any atom is -0.501 e. The van der Waals surface area contributed by atoms with Crippen molar-refractivity contribution in [1.82, 2.24) is 14.5 Å². The van der Waals surface area contributed by atoms with Crippen LogP contribution in [0.5, 0.6) is 5.75 Å². The van der Waals surface area contributed by atoms with Crippen molar-refractivity contribution < 1.29 is 15.0 Å². The van der Waals surface area contributed by atoms with Crippen LogP contribution >= 0.6 is 0 Å². The molecule has 0 spiro atoms. The molecule has 1 aliphatic heterocycles. The Bertz CT molecular complexity index is 1020. The van der Waals surface area contributed by atoms with Crippen LogP contribution in [0.25, 0.3) is 0 Å². The normalized spacial score (nSPS) is 19.0. The Kier molecular flexibility index (Phi) is 5.40. The molecule has 1 aromatic heterocycles. The van der Waals surface area contributed by atoms with Gasteiger partial charge in [-0.15, -0.1) is 0 Å². The molecule has 1 saturated carbocycles. The summed E-state index contributed by atoms with van der Waals surface area (Å²) in [7, 11) is 1.65. The molecule has 0 unspecified atom stereocenters. The molecule has 2 N–H and O–H groups in total. The second-order valence-electron chi connectivity index (χ2n) is 8.50. The maximum absolute atomic E-state index is 12.7. The molecule has 1 atom stereocenters. The summed E-state index contributed by atoms with van der Waals surface area (Å²) in [6, 6.07) is 8.44. The van der Waals surface area contributed by atoms with Crippen LogP contribution in [0.1, 0.15) is 66.0 Å². The third kappa shape index (κ3) is 3.12. The molecule has 1 fully saturated rings. The molecule has 4 rings (SSSR count). The number of aromatic nitrogens is 2. The van der Waals surface area contributed by atoms with Crippen LogP contribution in [0.15, 0.2) is 29.1 Å². The number of carbonyl (C=O) groups is 1. The summed E-state index contributed by atoms with van der Waals surface area (Å²) in [6.07, 6.45) is 4.74. The Hall–Kier alpha value is -2.67. The van der Waals surface area contributed by atoms with Gasteiger partial charge in [-0.1, -0.05) is 44.0 Å². The number of nitrogens with zero attached hydrogens (tertiary/aromatic N) is 3. The molecule has 0 saturated heterocycles. The standard InChI is InChI=1S/C23H29N3O4/c1-3-15-7-6-8-16(13-15)23(9-4-5-10-23)17(14-27)20-24-21(29)19(28)18-22(30)25(2)11-12-26(18)20/h6-8,13,17,27-28H,3-5,9-12,14H2,1-2H3/t17-/m1/s1. The van der Waals surface area contributed by atoms with Crippen molar-refractivity contribution in [2.24, 2.45) is 0 Å². The van der Waals surface area contributed by atoms with Crippen molar-refractivity contribution in [2.75, 3.05) is 20.2 Å². The van der Waals surface area contributed by atoms with Gasteiger partial charge in [-0.2, -0.15) is 4.98 Å². The number of amides is 1. The number of aliphatic hydroxyl groups is 1. The van der Waals surface area contributed by atoms with Gasteiger partial charge >= 0.3 is 5.56 Å². The highest BCUT2D eigenvalue weighted by Crippen LogP contribution is 2.50. The number of carbonyl (C=O) groups excluding carboxylic acids is 1. The van der Waals surface area contributed by atoms with Gasteiger partial charge in [-0.05, 0) is 30.4 Å². The first-order valence-corrected chi connectivity index (χ1v) is 10.7. The lowest BCUT2D eigenvalue weighted by Gasteiger charge is -2.39. The highest BCUT2D eigenvalue weighted by molar-refractivity contribution is 5.95. The van der Waals surface area contributed by atoms with Crippen molar-refractivity contribution in [3.05, 3.63) is 57.3 Å². The fourth-order valence-corrected chi connectivity index (χ4v) is 5.25. The molecule has 2 heterocycles. The van der Waals surface area contributed by atoms with Crippen molar-refractivity contribution in [2.45, 2.75) is 56.9 Å². The number of fused-ring (bicyclic) bond motifs is 1. The van der Waals surface area contributed by atoms with E-state index in [0.29, 0.717) is 18.9 Å². The fraction of sp³-hybridized carbons (Fsp3) is 0.522. The van der Waals surface area contributed by atoms with E-state index in [1.54, 1.807) is 11.6 Å². The lowest BCUT2D eigenvalue weighted by Crippen LogP contribution is -2.44. The first kappa shape index (κ1) is 20.6. The second-order valence-corrected chi connectivity index (χ2v) is 8.50. The summed E-state index contributed by atoms with van der Waals surface area (Å²) < 4.78 is 1.66. The van der Waals surface area contributed by atoms with Crippen LogP contribution < -0.4 is 5.56 Å². The molecule has 0 radical (unpaired) electrons. The predicted octanol–water partition coefficient (Wildman–Crippen LogP) is 2.18. The van der Waals surface area contributed by atoms with Crippen LogP contribution in [-0.4, -0.2) is 50.8 Å². The number of hydrogen-bond acceptors (Lipinski definition) is 5. The largest absolute Gasteiger partial charge is 0.501 e. The van der Waals surface area contributed by atoms with Gasteiger partial charge in [0.2, 0.25) is 5.75 Å². The lowest BCUT2D eigenvalue weighted by atomic mass is 9.68. The molecule has 7 nitrogen and oxygen atoms in total. The monoisotopic (exact) mass is 411 g/mol. The highest BCUT2D eigenvalue weighted by atomic mass is 16.3. The van der Waals surface area contributed by atoms with Gasteiger partial charge in [0.15, 0.2) is 5.69 Å². The number of likely N-dealkylation sites (N-methyl/N-ethyl adjacent to an activating group) is 1. The molecule has 160 valence electrons. The zero-order valence-corrected chi connectivity index (χ0v) is 17.6. The van der Waals surface area contributed by atoms with Gasteiger partial charge in [0.05, 0.1) is 12.5 Å². The molecule has 7 heteroatoms. The summed E-state index contributed by atoms with van der Waals surface area (Å²) in [6.45, 7) is 2.81. The number of aryl methyl sites for hydroxylation is 1. The average molecular weight is 412 g/mol. The van der Waals surface area contributed by atoms with E-state index < -0.39 is 23.1 Å². The van der Waals surface area contributed by atoms with Crippen LogP contribution in [0, 0.1) is 0 Å². The van der Waals surface area contributed by atoms with E-state index >= 15 is 0 Å². The van der Waals surface area contributed by atoms with Gasteiger partial charge in [0.1, 0.15) is 5.82 Å². The van der Waals surface area contributed by atoms with Crippen molar-refractivity contribution in [1.29, 1.82) is 0 Å². The zero-order valence-electron chi connectivity index (χ0n) is 17.6. The van der Waals surface area contributed by atoms with E-state index in [1.165, 1.54) is 10.5 Å². The van der Waals surface area contributed by atoms with Gasteiger partial charge in [0.25, 0.3) is 5.91 Å². The lowest BCUT2D eigenvalue weighted by molar-refractivity contribution is 0.0733. The average Bonchev–Trinajstić information content (AvgIpc) is 3.25. The van der Waals surface area contributed by atoms with Crippen molar-refractivity contribution in [3.63, 3.8) is 0 Å². The Labute approximate surface area is 176 Å². The van der Waals surface area contributed by atoms with Crippen LogP contribution in [-0.2, 0) is 18.4 Å². The van der Waals surface area contributed by atoms with Crippen LogP contribution in [0.4, 0.5) is 0 Å². The summed E-state index contributed by atoms with van der Waals surface area (Å²) in [5.74, 6) is -1.04. The van der Waals surface area contributed by atoms with Gasteiger partial charge < -0.3 is 19.7 Å². The predicted molar refractivity (Wildman–Crippen MR) is 113 cm³/mol. The Balaban J connectivity index is 1.92. The fourth-order valence-electron chi connectivity index (χ4n) is 5.25. The van der Waals surface area contributed by atoms with Gasteiger partial charge in [-0.3, -0.25) is 9.59 Å². The number of aromatic hydroxyl groups is 1. The summed E-state index contributed by atoms with van der Waals surface area (Å²) in [4.78, 5) is 30.9. The van der Waals surface area contributed by atoms with E-state index in [1.807, 2.05) is 6.07 Å². The molecule has 1 aliphatic carbocycles. The van der Waals surface area contributed by atoms with E-state index in [9.17, 15) is 19.8 Å². The Morgan fingerprint density at radius 1 is 1.20 bits per heavy atom. The first-order valence-electron chi connectivity index (χ1n) is 10.7. The van der Waals surface area contributed by atoms with E-state index in [-0.39, 0.29) is 17.7 Å². The summed E-state index contributed by atoms with van der Waals surface area (Å²) in [5.41, 5.74) is 1.18. The van der Waals surface area contributed by atoms with E-state index in [0.717, 1.165) is 37.7 Å². The SMILES string of the molecule is CCc1cccc(C2([C@H](CO)c3nc(=O)c(O)c4n3CCN(C)C4=O)CCCC2)c1. The van der Waals surface area contributed by atoms with E-state index in [4.69, 9.17) is 0 Å². The topological polar surface area (TPSA) is 95.7 Å². The molecule has 1 amide bonds. The number of aliphatic hydroxyl groups excluding tert-OH is 1. The number of hydrogen-bond donors (Lipinski definition) is 2. The minimum absolute atomic E-state index is 0.0207. The van der Waals surface area contributed by atoms with Gasteiger partial charge in [0, 0.05) is 25.6 Å². The van der Waals surface area contributed by atoms with Crippen molar-refractivity contribution in [3.8, 4) is 5.75 Å². The number of rotatable bonds is 5.